The van der Waals surface area contributed by atoms with Crippen LogP contribution in [0.2, 0.25) is 0 Å². The van der Waals surface area contributed by atoms with Crippen molar-refractivity contribution in [3.05, 3.63) is 84.4 Å². The number of fused-ring (bicyclic) bond motifs is 1. The second-order valence-corrected chi connectivity index (χ2v) is 5.79. The third-order valence-corrected chi connectivity index (χ3v) is 3.59. The van der Waals surface area contributed by atoms with Crippen molar-refractivity contribution in [3.8, 4) is 5.75 Å². The van der Waals surface area contributed by atoms with Crippen LogP contribution in [0.15, 0.2) is 78.9 Å². The summed E-state index contributed by atoms with van der Waals surface area (Å²) in [5.41, 5.74) is 2.26. The van der Waals surface area contributed by atoms with Crippen LogP contribution >= 0.6 is 0 Å². The van der Waals surface area contributed by atoms with Crippen LogP contribution in [-0.2, 0) is 0 Å². The molecule has 3 aromatic rings. The number of carbonyl (C=O) groups is 1. The van der Waals surface area contributed by atoms with Gasteiger partial charge in [0.15, 0.2) is 0 Å². The number of anilines is 1. The molecule has 0 heterocycles. The van der Waals surface area contributed by atoms with Gasteiger partial charge in [-0.3, -0.25) is 4.79 Å². The maximum Gasteiger partial charge on any atom is 0.255 e. The number of hydrogen-bond acceptors (Lipinski definition) is 2. The second-order valence-electron chi connectivity index (χ2n) is 5.79. The van der Waals surface area contributed by atoms with Gasteiger partial charge < -0.3 is 10.1 Å². The van der Waals surface area contributed by atoms with Gasteiger partial charge in [-0.25, -0.2) is 0 Å². The van der Waals surface area contributed by atoms with Gasteiger partial charge >= 0.3 is 0 Å². The van der Waals surface area contributed by atoms with Crippen LogP contribution < -0.4 is 10.1 Å². The average molecular weight is 317 g/mol. The molecule has 120 valence electrons. The summed E-state index contributed by atoms with van der Waals surface area (Å²) in [5, 5.41) is 5.17. The Morgan fingerprint density at radius 2 is 1.79 bits per heavy atom. The van der Waals surface area contributed by atoms with Gasteiger partial charge in [0, 0.05) is 11.3 Å². The van der Waals surface area contributed by atoms with Gasteiger partial charge in [-0.05, 0) is 53.6 Å². The van der Waals surface area contributed by atoms with Crippen LogP contribution in [0.5, 0.6) is 5.75 Å². The average Bonchev–Trinajstić information content (AvgIpc) is 2.60. The van der Waals surface area contributed by atoms with Crippen molar-refractivity contribution in [1.82, 2.24) is 0 Å². The minimum absolute atomic E-state index is 0.161. The summed E-state index contributed by atoms with van der Waals surface area (Å²) >= 11 is 0. The molecule has 0 fully saturated rings. The fourth-order valence-electron chi connectivity index (χ4n) is 2.40. The first-order valence-electron chi connectivity index (χ1n) is 7.79. The number of benzene rings is 3. The molecule has 0 saturated carbocycles. The molecule has 0 radical (unpaired) electrons. The first-order chi connectivity index (χ1) is 11.6. The van der Waals surface area contributed by atoms with Gasteiger partial charge in [0.25, 0.3) is 5.91 Å². The molecule has 24 heavy (non-hydrogen) atoms. The van der Waals surface area contributed by atoms with Crippen molar-refractivity contribution in [3.63, 3.8) is 0 Å². The van der Waals surface area contributed by atoms with Gasteiger partial charge in [0.1, 0.15) is 12.4 Å². The van der Waals surface area contributed by atoms with Crippen LogP contribution in [0, 0.1) is 0 Å². The molecule has 3 heteroatoms. The maximum absolute atomic E-state index is 12.5. The van der Waals surface area contributed by atoms with Gasteiger partial charge in [-0.15, -0.1) is 0 Å². The third kappa shape index (κ3) is 3.82. The van der Waals surface area contributed by atoms with Crippen LogP contribution in [0.25, 0.3) is 10.8 Å². The zero-order valence-electron chi connectivity index (χ0n) is 13.6. The molecule has 0 aliphatic carbocycles. The van der Waals surface area contributed by atoms with Crippen molar-refractivity contribution in [2.75, 3.05) is 11.9 Å². The molecule has 0 atom stereocenters. The monoisotopic (exact) mass is 317 g/mol. The van der Waals surface area contributed by atoms with E-state index < -0.39 is 0 Å². The first-order valence-corrected chi connectivity index (χ1v) is 7.79. The van der Waals surface area contributed by atoms with Gasteiger partial charge in [-0.2, -0.15) is 0 Å². The Hall–Kier alpha value is -3.07. The molecule has 0 saturated heterocycles. The summed E-state index contributed by atoms with van der Waals surface area (Å²) in [5.74, 6) is 0.496. The predicted octanol–water partition coefficient (Wildman–Crippen LogP) is 5.05. The van der Waals surface area contributed by atoms with Crippen LogP contribution in [0.4, 0.5) is 5.69 Å². The molecular formula is C21H19NO2. The number of nitrogens with one attached hydrogen (secondary N) is 1. The van der Waals surface area contributed by atoms with E-state index in [1.165, 1.54) is 0 Å². The molecule has 0 aromatic heterocycles. The maximum atomic E-state index is 12.5. The topological polar surface area (TPSA) is 38.3 Å². The van der Waals surface area contributed by atoms with Crippen molar-refractivity contribution < 1.29 is 9.53 Å². The highest BCUT2D eigenvalue weighted by Crippen LogP contribution is 2.20. The van der Waals surface area contributed by atoms with Crippen molar-refractivity contribution in [2.24, 2.45) is 0 Å². The molecule has 0 unspecified atom stereocenters. The highest BCUT2D eigenvalue weighted by atomic mass is 16.5. The summed E-state index contributed by atoms with van der Waals surface area (Å²) in [7, 11) is 0. The lowest BCUT2D eigenvalue weighted by Crippen LogP contribution is -2.12. The fraction of sp³-hybridized carbons (Fsp3) is 0.0952. The van der Waals surface area contributed by atoms with E-state index in [0.717, 1.165) is 22.0 Å². The quantitative estimate of drug-likeness (QED) is 0.669. The molecule has 0 aliphatic rings. The summed E-state index contributed by atoms with van der Waals surface area (Å²) in [6.45, 7) is 6.14. The molecule has 0 bridgehead atoms. The zero-order chi connectivity index (χ0) is 16.9. The van der Waals surface area contributed by atoms with Crippen LogP contribution in [0.3, 0.4) is 0 Å². The standard InChI is InChI=1S/C21H19NO2/c1-15(2)14-24-20-9-5-8-18(13-20)21(23)22-19-11-10-16-6-3-4-7-17(16)12-19/h3-13H,1,14H2,2H3,(H,22,23). The molecule has 3 aromatic carbocycles. The van der Waals surface area contributed by atoms with E-state index in [-0.39, 0.29) is 5.91 Å². The Balaban J connectivity index is 1.76. The lowest BCUT2D eigenvalue weighted by Gasteiger charge is -2.09. The molecule has 1 amide bonds. The van der Waals surface area contributed by atoms with Crippen LogP contribution in [-0.4, -0.2) is 12.5 Å². The highest BCUT2D eigenvalue weighted by Gasteiger charge is 2.08. The van der Waals surface area contributed by atoms with E-state index in [2.05, 4.69) is 11.9 Å². The summed E-state index contributed by atoms with van der Waals surface area (Å²) in [6.07, 6.45) is 0. The molecule has 3 rings (SSSR count). The highest BCUT2D eigenvalue weighted by molar-refractivity contribution is 6.05. The van der Waals surface area contributed by atoms with E-state index in [1.807, 2.05) is 61.5 Å². The smallest absolute Gasteiger partial charge is 0.255 e. The summed E-state index contributed by atoms with van der Waals surface area (Å²) in [6, 6.07) is 21.1. The lowest BCUT2D eigenvalue weighted by atomic mass is 10.1. The Bertz CT molecular complexity index is 899. The molecule has 0 aliphatic heterocycles. The number of amides is 1. The van der Waals surface area contributed by atoms with Crippen molar-refractivity contribution in [1.29, 1.82) is 0 Å². The SMILES string of the molecule is C=C(C)COc1cccc(C(=O)Nc2ccc3ccccc3c2)c1. The Labute approximate surface area is 141 Å². The van der Waals surface area contributed by atoms with E-state index in [0.29, 0.717) is 17.9 Å². The zero-order valence-corrected chi connectivity index (χ0v) is 13.6. The van der Waals surface area contributed by atoms with Crippen molar-refractivity contribution >= 4 is 22.4 Å². The van der Waals surface area contributed by atoms with Gasteiger partial charge in [0.05, 0.1) is 0 Å². The van der Waals surface area contributed by atoms with E-state index in [4.69, 9.17) is 4.74 Å². The summed E-state index contributed by atoms with van der Waals surface area (Å²) in [4.78, 5) is 12.5. The van der Waals surface area contributed by atoms with Crippen LogP contribution in [0.1, 0.15) is 17.3 Å². The minimum Gasteiger partial charge on any atom is -0.489 e. The second kappa shape index (κ2) is 7.01. The summed E-state index contributed by atoms with van der Waals surface area (Å²) < 4.78 is 5.59. The minimum atomic E-state index is -0.161. The van der Waals surface area contributed by atoms with Gasteiger partial charge in [0.2, 0.25) is 0 Å². The van der Waals surface area contributed by atoms with Gasteiger partial charge in [-0.1, -0.05) is 43.0 Å². The van der Waals surface area contributed by atoms with E-state index >= 15 is 0 Å². The van der Waals surface area contributed by atoms with Crippen molar-refractivity contribution in [2.45, 2.75) is 6.92 Å². The Morgan fingerprint density at radius 3 is 2.58 bits per heavy atom. The molecule has 1 N–H and O–H groups in total. The molecular weight excluding hydrogens is 298 g/mol. The Kier molecular flexibility index (Phi) is 4.62. The third-order valence-electron chi connectivity index (χ3n) is 3.59. The number of ether oxygens (including phenoxy) is 1. The normalized spacial score (nSPS) is 10.4. The molecule has 3 nitrogen and oxygen atoms in total. The lowest BCUT2D eigenvalue weighted by molar-refractivity contribution is 0.102. The van der Waals surface area contributed by atoms with E-state index in [1.54, 1.807) is 12.1 Å². The predicted molar refractivity (Wildman–Crippen MR) is 98.7 cm³/mol. The Morgan fingerprint density at radius 1 is 1.00 bits per heavy atom. The first kappa shape index (κ1) is 15.8. The number of hydrogen-bond donors (Lipinski definition) is 1. The largest absolute Gasteiger partial charge is 0.489 e. The number of rotatable bonds is 5. The fourth-order valence-corrected chi connectivity index (χ4v) is 2.40. The molecule has 0 spiro atoms. The van der Waals surface area contributed by atoms with E-state index in [9.17, 15) is 4.79 Å². The number of carbonyl (C=O) groups excluding carboxylic acids is 1.